The van der Waals surface area contributed by atoms with Gasteiger partial charge in [-0.25, -0.2) is 0 Å². The van der Waals surface area contributed by atoms with Gasteiger partial charge < -0.3 is 10.5 Å². The Morgan fingerprint density at radius 3 is 2.42 bits per heavy atom. The minimum Gasteiger partial charge on any atom is -0.375 e. The summed E-state index contributed by atoms with van der Waals surface area (Å²) in [6, 6.07) is 18.3. The zero-order valence-electron chi connectivity index (χ0n) is 10.8. The number of hydrogen-bond acceptors (Lipinski definition) is 2. The predicted octanol–water partition coefficient (Wildman–Crippen LogP) is 3.54. The van der Waals surface area contributed by atoms with Crippen molar-refractivity contribution >= 4 is 15.9 Å². The van der Waals surface area contributed by atoms with Crippen molar-refractivity contribution in [3.05, 3.63) is 70.2 Å². The number of rotatable bonds is 6. The molecule has 1 atom stereocenters. The normalized spacial score (nSPS) is 12.3. The van der Waals surface area contributed by atoms with Gasteiger partial charge in [0.15, 0.2) is 0 Å². The molecule has 0 spiro atoms. The average Bonchev–Trinajstić information content (AvgIpc) is 2.43. The third-order valence-electron chi connectivity index (χ3n) is 2.88. The van der Waals surface area contributed by atoms with Gasteiger partial charge in [-0.2, -0.15) is 0 Å². The largest absolute Gasteiger partial charge is 0.375 e. The first-order valence-electron chi connectivity index (χ1n) is 6.36. The van der Waals surface area contributed by atoms with E-state index in [1.165, 1.54) is 11.1 Å². The molecule has 0 bridgehead atoms. The first-order valence-corrected chi connectivity index (χ1v) is 7.15. The second-order valence-corrected chi connectivity index (χ2v) is 5.41. The first kappa shape index (κ1) is 14.3. The minimum absolute atomic E-state index is 0.0161. The average molecular weight is 320 g/mol. The van der Waals surface area contributed by atoms with Gasteiger partial charge in [-0.05, 0) is 23.6 Å². The Labute approximate surface area is 122 Å². The number of nitrogens with two attached hydrogens (primary N) is 1. The molecule has 2 nitrogen and oxygen atoms in total. The van der Waals surface area contributed by atoms with Crippen molar-refractivity contribution in [1.29, 1.82) is 0 Å². The smallest absolute Gasteiger partial charge is 0.0717 e. The Balaban J connectivity index is 1.76. The van der Waals surface area contributed by atoms with E-state index in [-0.39, 0.29) is 6.04 Å². The van der Waals surface area contributed by atoms with Gasteiger partial charge in [0, 0.05) is 10.5 Å². The molecule has 0 aliphatic carbocycles. The number of ether oxygens (including phenoxy) is 1. The van der Waals surface area contributed by atoms with Crippen LogP contribution in [0.1, 0.15) is 11.1 Å². The third kappa shape index (κ3) is 4.78. The molecule has 3 heteroatoms. The number of benzene rings is 2. The highest BCUT2D eigenvalue weighted by atomic mass is 79.9. The molecule has 2 N–H and O–H groups in total. The SMILES string of the molecule is NC(COCc1ccccc1)Cc1ccccc1Br. The topological polar surface area (TPSA) is 35.2 Å². The van der Waals surface area contributed by atoms with Crippen molar-refractivity contribution in [2.24, 2.45) is 5.73 Å². The van der Waals surface area contributed by atoms with Crippen molar-refractivity contribution in [2.75, 3.05) is 6.61 Å². The van der Waals surface area contributed by atoms with Crippen LogP contribution in [0.5, 0.6) is 0 Å². The third-order valence-corrected chi connectivity index (χ3v) is 3.66. The maximum Gasteiger partial charge on any atom is 0.0717 e. The van der Waals surface area contributed by atoms with Crippen molar-refractivity contribution in [3.63, 3.8) is 0 Å². The van der Waals surface area contributed by atoms with Crippen molar-refractivity contribution in [3.8, 4) is 0 Å². The van der Waals surface area contributed by atoms with E-state index >= 15 is 0 Å². The lowest BCUT2D eigenvalue weighted by Crippen LogP contribution is -2.28. The lowest BCUT2D eigenvalue weighted by Gasteiger charge is -2.13. The second kappa shape index (κ2) is 7.43. The highest BCUT2D eigenvalue weighted by Gasteiger charge is 2.07. The van der Waals surface area contributed by atoms with Gasteiger partial charge in [0.25, 0.3) is 0 Å². The van der Waals surface area contributed by atoms with Gasteiger partial charge in [0.2, 0.25) is 0 Å². The summed E-state index contributed by atoms with van der Waals surface area (Å²) in [4.78, 5) is 0. The first-order chi connectivity index (χ1) is 9.25. The molecule has 19 heavy (non-hydrogen) atoms. The minimum atomic E-state index is 0.0161. The van der Waals surface area contributed by atoms with E-state index in [4.69, 9.17) is 10.5 Å². The number of hydrogen-bond donors (Lipinski definition) is 1. The van der Waals surface area contributed by atoms with Gasteiger partial charge in [0.05, 0.1) is 13.2 Å². The molecule has 100 valence electrons. The Morgan fingerprint density at radius 1 is 1.00 bits per heavy atom. The Morgan fingerprint density at radius 2 is 1.68 bits per heavy atom. The van der Waals surface area contributed by atoms with Crippen LogP contribution in [0.25, 0.3) is 0 Å². The Bertz CT molecular complexity index is 501. The molecule has 0 fully saturated rings. The zero-order valence-corrected chi connectivity index (χ0v) is 12.3. The standard InChI is InChI=1S/C16H18BrNO/c17-16-9-5-4-8-14(16)10-15(18)12-19-11-13-6-2-1-3-7-13/h1-9,15H,10-12,18H2. The monoisotopic (exact) mass is 319 g/mol. The van der Waals surface area contributed by atoms with Crippen LogP contribution in [0.4, 0.5) is 0 Å². The molecule has 0 amide bonds. The summed E-state index contributed by atoms with van der Waals surface area (Å²) in [7, 11) is 0. The maximum atomic E-state index is 6.09. The van der Waals surface area contributed by atoms with Crippen LogP contribution in [0.3, 0.4) is 0 Å². The van der Waals surface area contributed by atoms with Crippen LogP contribution in [-0.2, 0) is 17.8 Å². The Hall–Kier alpha value is -1.16. The summed E-state index contributed by atoms with van der Waals surface area (Å²) in [5.74, 6) is 0. The molecule has 0 radical (unpaired) electrons. The van der Waals surface area contributed by atoms with E-state index in [2.05, 4.69) is 34.1 Å². The second-order valence-electron chi connectivity index (χ2n) is 4.56. The maximum absolute atomic E-state index is 6.09. The molecule has 0 aliphatic rings. The summed E-state index contributed by atoms with van der Waals surface area (Å²) < 4.78 is 6.76. The molecule has 0 aliphatic heterocycles. The molecule has 0 heterocycles. The summed E-state index contributed by atoms with van der Waals surface area (Å²) in [6.07, 6.45) is 0.816. The van der Waals surface area contributed by atoms with E-state index in [9.17, 15) is 0 Å². The molecular weight excluding hydrogens is 302 g/mol. The van der Waals surface area contributed by atoms with E-state index in [1.807, 2.05) is 36.4 Å². The van der Waals surface area contributed by atoms with Gasteiger partial charge in [-0.1, -0.05) is 64.5 Å². The van der Waals surface area contributed by atoms with Crippen molar-refractivity contribution in [1.82, 2.24) is 0 Å². The summed E-state index contributed by atoms with van der Waals surface area (Å²) >= 11 is 3.53. The van der Waals surface area contributed by atoms with Crippen molar-refractivity contribution in [2.45, 2.75) is 19.1 Å². The van der Waals surface area contributed by atoms with Crippen LogP contribution in [-0.4, -0.2) is 12.6 Å². The molecule has 0 aromatic heterocycles. The highest BCUT2D eigenvalue weighted by molar-refractivity contribution is 9.10. The molecule has 2 rings (SSSR count). The van der Waals surface area contributed by atoms with Gasteiger partial charge in [-0.15, -0.1) is 0 Å². The summed E-state index contributed by atoms with van der Waals surface area (Å²) in [6.45, 7) is 1.18. The Kier molecular flexibility index (Phi) is 5.58. The van der Waals surface area contributed by atoms with Crippen LogP contribution in [0, 0.1) is 0 Å². The van der Waals surface area contributed by atoms with Crippen LogP contribution in [0.15, 0.2) is 59.1 Å². The molecule has 2 aromatic carbocycles. The van der Waals surface area contributed by atoms with Crippen LogP contribution in [0.2, 0.25) is 0 Å². The van der Waals surface area contributed by atoms with E-state index in [0.717, 1.165) is 10.9 Å². The number of halogens is 1. The highest BCUT2D eigenvalue weighted by Crippen LogP contribution is 2.17. The molecule has 0 saturated heterocycles. The van der Waals surface area contributed by atoms with E-state index < -0.39 is 0 Å². The summed E-state index contributed by atoms with van der Waals surface area (Å²) in [5.41, 5.74) is 8.49. The van der Waals surface area contributed by atoms with Crippen LogP contribution < -0.4 is 5.73 Å². The fourth-order valence-electron chi connectivity index (χ4n) is 1.91. The molecule has 0 saturated carbocycles. The fourth-order valence-corrected chi connectivity index (χ4v) is 2.35. The predicted molar refractivity (Wildman–Crippen MR) is 81.9 cm³/mol. The van der Waals surface area contributed by atoms with Gasteiger partial charge in [0.1, 0.15) is 0 Å². The summed E-state index contributed by atoms with van der Waals surface area (Å²) in [5, 5.41) is 0. The van der Waals surface area contributed by atoms with E-state index in [1.54, 1.807) is 0 Å². The fraction of sp³-hybridized carbons (Fsp3) is 0.250. The quantitative estimate of drug-likeness (QED) is 0.884. The van der Waals surface area contributed by atoms with Gasteiger partial charge >= 0.3 is 0 Å². The molecule has 2 aromatic rings. The van der Waals surface area contributed by atoms with E-state index in [0.29, 0.717) is 13.2 Å². The van der Waals surface area contributed by atoms with Crippen LogP contribution >= 0.6 is 15.9 Å². The zero-order chi connectivity index (χ0) is 13.5. The lowest BCUT2D eigenvalue weighted by atomic mass is 10.1. The van der Waals surface area contributed by atoms with Gasteiger partial charge in [-0.3, -0.25) is 0 Å². The lowest BCUT2D eigenvalue weighted by molar-refractivity contribution is 0.108. The van der Waals surface area contributed by atoms with Crippen molar-refractivity contribution < 1.29 is 4.74 Å². The molecule has 1 unspecified atom stereocenters. The molecular formula is C16H18BrNO.